The summed E-state index contributed by atoms with van der Waals surface area (Å²) < 4.78 is 4.71. The summed E-state index contributed by atoms with van der Waals surface area (Å²) in [5.41, 5.74) is 0.535. The minimum absolute atomic E-state index is 0.0790. The van der Waals surface area contributed by atoms with Crippen molar-refractivity contribution >= 4 is 29.5 Å². The molecule has 0 saturated heterocycles. The van der Waals surface area contributed by atoms with Crippen LogP contribution >= 0.6 is 11.8 Å². The van der Waals surface area contributed by atoms with Crippen LogP contribution in [0.2, 0.25) is 0 Å². The number of aromatic hydroxyl groups is 2. The van der Waals surface area contributed by atoms with Crippen molar-refractivity contribution in [3.8, 4) is 11.5 Å². The summed E-state index contributed by atoms with van der Waals surface area (Å²) >= 11 is 1.53. The van der Waals surface area contributed by atoms with Gasteiger partial charge in [-0.2, -0.15) is 11.8 Å². The molecule has 0 saturated carbocycles. The largest absolute Gasteiger partial charge is 0.504 e. The molecule has 0 unspecified atom stereocenters. The Labute approximate surface area is 156 Å². The summed E-state index contributed by atoms with van der Waals surface area (Å²) in [4.78, 5) is 35.9. The van der Waals surface area contributed by atoms with E-state index in [0.29, 0.717) is 17.7 Å². The molecule has 0 aliphatic heterocycles. The average molecular weight is 384 g/mol. The Kier molecular flexibility index (Phi) is 8.77. The molecule has 0 aliphatic rings. The highest BCUT2D eigenvalue weighted by atomic mass is 32.2. The second kappa shape index (κ2) is 10.5. The maximum absolute atomic E-state index is 12.6. The number of phenolic OH excluding ortho intramolecular Hbond substituents is 2. The lowest BCUT2D eigenvalue weighted by atomic mass is 10.0. The van der Waals surface area contributed by atoms with Crippen molar-refractivity contribution in [2.45, 2.75) is 31.8 Å². The Balaban J connectivity index is 2.91. The predicted octanol–water partition coefficient (Wildman–Crippen LogP) is 0.556. The van der Waals surface area contributed by atoms with Gasteiger partial charge in [-0.1, -0.05) is 6.07 Å². The number of methoxy groups -OCH3 is 1. The minimum Gasteiger partial charge on any atom is -0.504 e. The molecule has 0 bridgehead atoms. The molecule has 0 aliphatic carbocycles. The van der Waals surface area contributed by atoms with E-state index >= 15 is 0 Å². The number of hydrogen-bond acceptors (Lipinski definition) is 7. The molecule has 9 heteroatoms. The summed E-state index contributed by atoms with van der Waals surface area (Å²) in [6.45, 7) is 1.28. The van der Waals surface area contributed by atoms with Crippen molar-refractivity contribution in [2.24, 2.45) is 0 Å². The molecule has 1 aromatic rings. The second-order valence-electron chi connectivity index (χ2n) is 5.65. The van der Waals surface area contributed by atoms with Gasteiger partial charge < -0.3 is 25.6 Å². The summed E-state index contributed by atoms with van der Waals surface area (Å²) in [5.74, 6) is -1.46. The monoisotopic (exact) mass is 384 g/mol. The molecule has 144 valence electrons. The van der Waals surface area contributed by atoms with E-state index in [4.69, 9.17) is 4.74 Å². The van der Waals surface area contributed by atoms with Crippen molar-refractivity contribution < 1.29 is 29.3 Å². The van der Waals surface area contributed by atoms with Gasteiger partial charge in [-0.3, -0.25) is 9.59 Å². The van der Waals surface area contributed by atoms with Crippen molar-refractivity contribution in [3.05, 3.63) is 23.8 Å². The van der Waals surface area contributed by atoms with Crippen LogP contribution in [0.5, 0.6) is 11.5 Å². The Hall–Kier alpha value is -2.42. The fourth-order valence-electron chi connectivity index (χ4n) is 2.29. The van der Waals surface area contributed by atoms with E-state index in [1.807, 2.05) is 6.26 Å². The van der Waals surface area contributed by atoms with Crippen molar-refractivity contribution in [2.75, 3.05) is 19.1 Å². The van der Waals surface area contributed by atoms with Gasteiger partial charge in [0.1, 0.15) is 12.1 Å². The van der Waals surface area contributed by atoms with Gasteiger partial charge in [0.2, 0.25) is 11.8 Å². The first-order valence-corrected chi connectivity index (χ1v) is 9.33. The van der Waals surface area contributed by atoms with E-state index in [0.717, 1.165) is 0 Å². The number of amides is 2. The SMILES string of the molecule is COC(=O)[C@H](CCSC)NC(=O)[C@H](Cc1ccc(O)c(O)c1)NC(C)=O. The van der Waals surface area contributed by atoms with Crippen LogP contribution in [0.3, 0.4) is 0 Å². The maximum atomic E-state index is 12.6. The van der Waals surface area contributed by atoms with Gasteiger partial charge in [-0.25, -0.2) is 4.79 Å². The number of rotatable bonds is 9. The van der Waals surface area contributed by atoms with Gasteiger partial charge in [-0.15, -0.1) is 0 Å². The average Bonchev–Trinajstić information content (AvgIpc) is 2.59. The van der Waals surface area contributed by atoms with Gasteiger partial charge in [-0.05, 0) is 36.1 Å². The Bertz CT molecular complexity index is 652. The highest BCUT2D eigenvalue weighted by molar-refractivity contribution is 7.98. The van der Waals surface area contributed by atoms with Crippen LogP contribution in [0.1, 0.15) is 18.9 Å². The smallest absolute Gasteiger partial charge is 0.328 e. The van der Waals surface area contributed by atoms with Crippen molar-refractivity contribution in [3.63, 3.8) is 0 Å². The number of benzene rings is 1. The molecule has 0 fully saturated rings. The molecule has 0 spiro atoms. The maximum Gasteiger partial charge on any atom is 0.328 e. The van der Waals surface area contributed by atoms with Crippen LogP contribution in [0.4, 0.5) is 0 Å². The molecule has 0 aromatic heterocycles. The molecule has 8 nitrogen and oxygen atoms in total. The van der Waals surface area contributed by atoms with E-state index in [2.05, 4.69) is 10.6 Å². The molecule has 4 N–H and O–H groups in total. The third-order valence-electron chi connectivity index (χ3n) is 3.59. The van der Waals surface area contributed by atoms with Crippen LogP contribution in [0.15, 0.2) is 18.2 Å². The number of carbonyl (C=O) groups excluding carboxylic acids is 3. The number of ether oxygens (including phenoxy) is 1. The molecule has 1 rings (SSSR count). The first-order valence-electron chi connectivity index (χ1n) is 7.93. The number of nitrogens with one attached hydrogen (secondary N) is 2. The molecule has 2 amide bonds. The normalized spacial score (nSPS) is 12.7. The zero-order chi connectivity index (χ0) is 19.7. The quantitative estimate of drug-likeness (QED) is 0.362. The Morgan fingerprint density at radius 1 is 1.15 bits per heavy atom. The molecule has 1 aromatic carbocycles. The zero-order valence-electron chi connectivity index (χ0n) is 14.9. The fourth-order valence-corrected chi connectivity index (χ4v) is 2.76. The molecular weight excluding hydrogens is 360 g/mol. The van der Waals surface area contributed by atoms with Crippen molar-refractivity contribution in [1.29, 1.82) is 0 Å². The topological polar surface area (TPSA) is 125 Å². The van der Waals surface area contributed by atoms with E-state index < -0.39 is 29.9 Å². The van der Waals surface area contributed by atoms with E-state index in [9.17, 15) is 24.6 Å². The first-order chi connectivity index (χ1) is 12.3. The highest BCUT2D eigenvalue weighted by Crippen LogP contribution is 2.25. The zero-order valence-corrected chi connectivity index (χ0v) is 15.8. The molecule has 0 heterocycles. The number of esters is 1. The lowest BCUT2D eigenvalue weighted by Gasteiger charge is -2.22. The predicted molar refractivity (Wildman–Crippen MR) is 98.0 cm³/mol. The van der Waals surface area contributed by atoms with Crippen LogP contribution in [-0.2, 0) is 25.5 Å². The van der Waals surface area contributed by atoms with Gasteiger partial charge in [0.05, 0.1) is 7.11 Å². The lowest BCUT2D eigenvalue weighted by Crippen LogP contribution is -2.52. The number of phenols is 2. The Morgan fingerprint density at radius 3 is 2.38 bits per heavy atom. The van der Waals surface area contributed by atoms with Crippen LogP contribution in [0.25, 0.3) is 0 Å². The van der Waals surface area contributed by atoms with Crippen molar-refractivity contribution in [1.82, 2.24) is 10.6 Å². The third kappa shape index (κ3) is 6.83. The summed E-state index contributed by atoms with van der Waals surface area (Å²) in [7, 11) is 1.24. The number of thioether (sulfide) groups is 1. The van der Waals surface area contributed by atoms with Gasteiger partial charge in [0.15, 0.2) is 11.5 Å². The second-order valence-corrected chi connectivity index (χ2v) is 6.63. The number of carbonyl (C=O) groups is 3. The summed E-state index contributed by atoms with van der Waals surface area (Å²) in [5, 5.41) is 24.1. The van der Waals surface area contributed by atoms with E-state index in [-0.39, 0.29) is 17.9 Å². The van der Waals surface area contributed by atoms with Crippen LogP contribution in [0, 0.1) is 0 Å². The molecule has 2 atom stereocenters. The fraction of sp³-hybridized carbons (Fsp3) is 0.471. The molecule has 0 radical (unpaired) electrons. The van der Waals surface area contributed by atoms with E-state index in [1.165, 1.54) is 44.0 Å². The number of hydrogen-bond donors (Lipinski definition) is 4. The summed E-state index contributed by atoms with van der Waals surface area (Å²) in [6, 6.07) is 2.37. The van der Waals surface area contributed by atoms with Gasteiger partial charge >= 0.3 is 5.97 Å². The van der Waals surface area contributed by atoms with E-state index in [1.54, 1.807) is 0 Å². The third-order valence-corrected chi connectivity index (χ3v) is 4.23. The van der Waals surface area contributed by atoms with Crippen LogP contribution in [-0.4, -0.2) is 59.2 Å². The minimum atomic E-state index is -0.946. The Morgan fingerprint density at radius 2 is 1.85 bits per heavy atom. The molecule has 26 heavy (non-hydrogen) atoms. The van der Waals surface area contributed by atoms with Gasteiger partial charge in [0.25, 0.3) is 0 Å². The highest BCUT2D eigenvalue weighted by Gasteiger charge is 2.26. The first kappa shape index (κ1) is 21.6. The standard InChI is InChI=1S/C17H24N2O6S/c1-10(20)18-13(8-11-4-5-14(21)15(22)9-11)16(23)19-12(6-7-26-3)17(24)25-2/h4-5,9,12-13,21-22H,6-8H2,1-3H3,(H,18,20)(H,19,23)/t12-,13-/m0/s1. The van der Waals surface area contributed by atoms with Crippen LogP contribution < -0.4 is 10.6 Å². The lowest BCUT2D eigenvalue weighted by molar-refractivity contribution is -0.145. The van der Waals surface area contributed by atoms with Gasteiger partial charge in [0, 0.05) is 13.3 Å². The molecular formula is C17H24N2O6S. The summed E-state index contributed by atoms with van der Waals surface area (Å²) in [6.07, 6.45) is 2.36.